The van der Waals surface area contributed by atoms with Crippen LogP contribution in [0.5, 0.6) is 0 Å². The summed E-state index contributed by atoms with van der Waals surface area (Å²) in [4.78, 5) is 29.4. The summed E-state index contributed by atoms with van der Waals surface area (Å²) in [6.45, 7) is 7.51. The lowest BCUT2D eigenvalue weighted by Crippen LogP contribution is -2.39. The van der Waals surface area contributed by atoms with Crippen molar-refractivity contribution in [2.24, 2.45) is 5.92 Å². The zero-order chi connectivity index (χ0) is 20.8. The van der Waals surface area contributed by atoms with Crippen molar-refractivity contribution < 1.29 is 4.79 Å². The Bertz CT molecular complexity index is 886. The average molecular weight is 414 g/mol. The van der Waals surface area contributed by atoms with E-state index in [9.17, 15) is 9.59 Å². The van der Waals surface area contributed by atoms with Crippen molar-refractivity contribution in [3.63, 3.8) is 0 Å². The number of aryl methyl sites for hydroxylation is 1. The smallest absolute Gasteiger partial charge is 0.263 e. The Labute approximate surface area is 177 Å². The number of hydrogen-bond acceptors (Lipinski definition) is 4. The highest BCUT2D eigenvalue weighted by atomic mass is 32.2. The molecule has 0 radical (unpaired) electrons. The normalized spacial score (nSPS) is 16.6. The van der Waals surface area contributed by atoms with Crippen LogP contribution in [0.25, 0.3) is 0 Å². The van der Waals surface area contributed by atoms with Crippen LogP contribution < -0.4 is 10.9 Å². The molecule has 3 rings (SSSR count). The van der Waals surface area contributed by atoms with E-state index in [1.54, 1.807) is 21.2 Å². The van der Waals surface area contributed by atoms with E-state index in [1.807, 2.05) is 44.5 Å². The van der Waals surface area contributed by atoms with E-state index in [0.717, 1.165) is 37.1 Å². The number of pyridine rings is 1. The van der Waals surface area contributed by atoms with E-state index in [2.05, 4.69) is 17.4 Å². The van der Waals surface area contributed by atoms with Gasteiger partial charge in [-0.05, 0) is 81.3 Å². The second kappa shape index (κ2) is 10.1. The first-order chi connectivity index (χ1) is 14.0. The minimum atomic E-state index is -0.180. The van der Waals surface area contributed by atoms with E-state index in [1.165, 1.54) is 4.90 Å². The van der Waals surface area contributed by atoms with Crippen molar-refractivity contribution in [3.8, 4) is 0 Å². The van der Waals surface area contributed by atoms with Gasteiger partial charge in [-0.25, -0.2) is 0 Å². The van der Waals surface area contributed by atoms with E-state index >= 15 is 0 Å². The molecule has 2 heterocycles. The van der Waals surface area contributed by atoms with Crippen LogP contribution in [0.1, 0.15) is 41.3 Å². The van der Waals surface area contributed by atoms with Crippen molar-refractivity contribution in [1.82, 2.24) is 14.8 Å². The molecule has 0 saturated carbocycles. The topological polar surface area (TPSA) is 54.3 Å². The van der Waals surface area contributed by atoms with Gasteiger partial charge in [-0.2, -0.15) is 0 Å². The Morgan fingerprint density at radius 1 is 1.28 bits per heavy atom. The highest BCUT2D eigenvalue weighted by molar-refractivity contribution is 7.98. The summed E-state index contributed by atoms with van der Waals surface area (Å²) < 4.78 is 1.72. The molecule has 1 saturated heterocycles. The maximum atomic E-state index is 13.3. The van der Waals surface area contributed by atoms with Gasteiger partial charge in [0.15, 0.2) is 0 Å². The van der Waals surface area contributed by atoms with Gasteiger partial charge < -0.3 is 14.8 Å². The molecular formula is C23H31N3O2S. The summed E-state index contributed by atoms with van der Waals surface area (Å²) in [5.74, 6) is 0.254. The molecule has 0 spiro atoms. The van der Waals surface area contributed by atoms with Crippen molar-refractivity contribution >= 4 is 17.7 Å². The number of hydrogen-bond donors (Lipinski definition) is 1. The summed E-state index contributed by atoms with van der Waals surface area (Å²) in [5.41, 5.74) is 1.95. The predicted molar refractivity (Wildman–Crippen MR) is 120 cm³/mol. The van der Waals surface area contributed by atoms with Crippen molar-refractivity contribution in [1.29, 1.82) is 0 Å². The number of aromatic nitrogens is 1. The summed E-state index contributed by atoms with van der Waals surface area (Å²) in [6, 6.07) is 10.1. The van der Waals surface area contributed by atoms with Gasteiger partial charge in [0.05, 0.1) is 0 Å². The van der Waals surface area contributed by atoms with Crippen LogP contribution in [-0.4, -0.2) is 41.3 Å². The van der Waals surface area contributed by atoms with Crippen LogP contribution in [0.15, 0.2) is 46.2 Å². The van der Waals surface area contributed by atoms with Gasteiger partial charge in [0.2, 0.25) is 0 Å². The number of benzene rings is 1. The zero-order valence-electron chi connectivity index (χ0n) is 17.6. The quantitative estimate of drug-likeness (QED) is 0.706. The Morgan fingerprint density at radius 3 is 2.66 bits per heavy atom. The summed E-state index contributed by atoms with van der Waals surface area (Å²) in [5, 5.41) is 3.39. The molecule has 5 nitrogen and oxygen atoms in total. The van der Waals surface area contributed by atoms with E-state index < -0.39 is 0 Å². The molecule has 1 fully saturated rings. The standard InChI is InChI=1S/C23H31N3O2S/c1-4-25(15-18-7-9-20(29-3)10-8-18)22(27)21-17(2)11-13-26(23(21)28)16-19-6-5-12-24-14-19/h7-11,13,19,24H,4-6,12,14-16H2,1-3H3. The summed E-state index contributed by atoms with van der Waals surface area (Å²) in [6.07, 6.45) is 6.13. The third kappa shape index (κ3) is 5.31. The highest BCUT2D eigenvalue weighted by Gasteiger charge is 2.22. The molecule has 1 aliphatic rings. The number of carbonyl (C=O) groups is 1. The second-order valence-corrected chi connectivity index (χ2v) is 8.59. The first-order valence-corrected chi connectivity index (χ1v) is 11.6. The number of piperidine rings is 1. The molecule has 1 aliphatic heterocycles. The van der Waals surface area contributed by atoms with Crippen molar-refractivity contribution in [2.45, 2.75) is 44.7 Å². The molecule has 0 bridgehead atoms. The van der Waals surface area contributed by atoms with Gasteiger partial charge in [-0.3, -0.25) is 9.59 Å². The SMILES string of the molecule is CCN(Cc1ccc(SC)cc1)C(=O)c1c(C)ccn(CC2CCCNC2)c1=O. The minimum Gasteiger partial charge on any atom is -0.334 e. The molecule has 2 aromatic rings. The summed E-state index contributed by atoms with van der Waals surface area (Å²) in [7, 11) is 0. The fourth-order valence-corrected chi connectivity index (χ4v) is 4.27. The van der Waals surface area contributed by atoms with Crippen molar-refractivity contribution in [2.75, 3.05) is 25.9 Å². The Hall–Kier alpha value is -2.05. The molecule has 1 aromatic carbocycles. The molecule has 1 aromatic heterocycles. The van der Waals surface area contributed by atoms with Crippen LogP contribution >= 0.6 is 11.8 Å². The average Bonchev–Trinajstić information content (AvgIpc) is 2.75. The van der Waals surface area contributed by atoms with E-state index in [-0.39, 0.29) is 11.5 Å². The lowest BCUT2D eigenvalue weighted by Gasteiger charge is -2.25. The number of rotatable bonds is 7. The largest absolute Gasteiger partial charge is 0.334 e. The number of carbonyl (C=O) groups excluding carboxylic acids is 1. The Balaban J connectivity index is 1.81. The molecule has 0 aliphatic carbocycles. The fraction of sp³-hybridized carbons (Fsp3) is 0.478. The van der Waals surface area contributed by atoms with Crippen LogP contribution in [0, 0.1) is 12.8 Å². The Morgan fingerprint density at radius 2 is 2.03 bits per heavy atom. The maximum Gasteiger partial charge on any atom is 0.263 e. The number of thioether (sulfide) groups is 1. The molecule has 1 N–H and O–H groups in total. The molecule has 1 unspecified atom stereocenters. The van der Waals surface area contributed by atoms with Gasteiger partial charge in [-0.1, -0.05) is 12.1 Å². The fourth-order valence-electron chi connectivity index (χ4n) is 3.86. The zero-order valence-corrected chi connectivity index (χ0v) is 18.4. The predicted octanol–water partition coefficient (Wildman–Crippen LogP) is 3.54. The first kappa shape index (κ1) is 21.7. The molecule has 29 heavy (non-hydrogen) atoms. The molecular weight excluding hydrogens is 382 g/mol. The van der Waals surface area contributed by atoms with Gasteiger partial charge in [0.1, 0.15) is 5.56 Å². The van der Waals surface area contributed by atoms with Crippen LogP contribution in [0.3, 0.4) is 0 Å². The molecule has 6 heteroatoms. The third-order valence-corrected chi connectivity index (χ3v) is 6.39. The summed E-state index contributed by atoms with van der Waals surface area (Å²) >= 11 is 1.70. The van der Waals surface area contributed by atoms with Crippen LogP contribution in [0.2, 0.25) is 0 Å². The number of nitrogens with zero attached hydrogens (tertiary/aromatic N) is 2. The van der Waals surface area contributed by atoms with E-state index in [4.69, 9.17) is 0 Å². The first-order valence-electron chi connectivity index (χ1n) is 10.4. The number of nitrogens with one attached hydrogen (secondary N) is 1. The third-order valence-electron chi connectivity index (χ3n) is 5.64. The minimum absolute atomic E-state index is 0.170. The highest BCUT2D eigenvalue weighted by Crippen LogP contribution is 2.17. The lowest BCUT2D eigenvalue weighted by atomic mass is 9.99. The second-order valence-electron chi connectivity index (χ2n) is 7.71. The maximum absolute atomic E-state index is 13.3. The monoisotopic (exact) mass is 413 g/mol. The van der Waals surface area contributed by atoms with Gasteiger partial charge in [-0.15, -0.1) is 11.8 Å². The Kier molecular flexibility index (Phi) is 7.56. The van der Waals surface area contributed by atoms with Gasteiger partial charge >= 0.3 is 0 Å². The number of amides is 1. The lowest BCUT2D eigenvalue weighted by molar-refractivity contribution is 0.0749. The molecule has 1 amide bonds. The molecule has 1 atom stereocenters. The van der Waals surface area contributed by atoms with Crippen LogP contribution in [0.4, 0.5) is 0 Å². The van der Waals surface area contributed by atoms with Gasteiger partial charge in [0, 0.05) is 30.7 Å². The van der Waals surface area contributed by atoms with Crippen molar-refractivity contribution in [3.05, 3.63) is 63.6 Å². The molecule has 156 valence electrons. The van der Waals surface area contributed by atoms with E-state index in [0.29, 0.717) is 31.1 Å². The van der Waals surface area contributed by atoms with Gasteiger partial charge in [0.25, 0.3) is 11.5 Å². The van der Waals surface area contributed by atoms with Crippen LogP contribution in [-0.2, 0) is 13.1 Å².